The van der Waals surface area contributed by atoms with Gasteiger partial charge in [0.1, 0.15) is 11.9 Å². The first-order valence-electron chi connectivity index (χ1n) is 7.34. The van der Waals surface area contributed by atoms with Crippen molar-refractivity contribution < 1.29 is 9.53 Å². The molecule has 1 saturated heterocycles. The maximum atomic E-state index is 12.4. The molecule has 0 aliphatic carbocycles. The van der Waals surface area contributed by atoms with E-state index in [2.05, 4.69) is 19.2 Å². The summed E-state index contributed by atoms with van der Waals surface area (Å²) < 4.78 is 5.19. The summed E-state index contributed by atoms with van der Waals surface area (Å²) >= 11 is 0. The second kappa shape index (κ2) is 6.27. The highest BCUT2D eigenvalue weighted by Crippen LogP contribution is 2.30. The average Bonchev–Trinajstić information content (AvgIpc) is 2.77. The van der Waals surface area contributed by atoms with Gasteiger partial charge in [-0.05, 0) is 37.5 Å². The normalized spacial score (nSPS) is 22.6. The Labute approximate surface area is 121 Å². The number of nitrogens with one attached hydrogen (secondary N) is 1. The molecule has 1 aliphatic rings. The third-order valence-corrected chi connectivity index (χ3v) is 4.08. The van der Waals surface area contributed by atoms with Gasteiger partial charge in [-0.2, -0.15) is 0 Å². The average molecular weight is 276 g/mol. The number of benzene rings is 1. The van der Waals surface area contributed by atoms with Crippen molar-refractivity contribution in [2.24, 2.45) is 0 Å². The summed E-state index contributed by atoms with van der Waals surface area (Å²) in [6, 6.07) is 8.09. The Kier molecular flexibility index (Phi) is 4.65. The number of amides is 1. The molecule has 20 heavy (non-hydrogen) atoms. The van der Waals surface area contributed by atoms with E-state index in [4.69, 9.17) is 4.74 Å². The van der Waals surface area contributed by atoms with Gasteiger partial charge >= 0.3 is 0 Å². The van der Waals surface area contributed by atoms with E-state index in [1.54, 1.807) is 7.11 Å². The van der Waals surface area contributed by atoms with E-state index in [-0.39, 0.29) is 24.2 Å². The third kappa shape index (κ3) is 2.66. The van der Waals surface area contributed by atoms with E-state index in [1.165, 1.54) is 0 Å². The Morgan fingerprint density at radius 3 is 2.35 bits per heavy atom. The van der Waals surface area contributed by atoms with Crippen molar-refractivity contribution in [2.45, 2.75) is 51.9 Å². The van der Waals surface area contributed by atoms with Crippen LogP contribution in [0.15, 0.2) is 24.3 Å². The van der Waals surface area contributed by atoms with Crippen LogP contribution in [0.3, 0.4) is 0 Å². The standard InChI is InChI=1S/C16H24N2O2/c1-5-13(6-2)18-15(17-11(3)16(18)19)12-7-9-14(20-4)10-8-12/h7-11,13,15,17H,5-6H2,1-4H3. The number of nitrogens with zero attached hydrogens (tertiary/aromatic N) is 1. The van der Waals surface area contributed by atoms with E-state index >= 15 is 0 Å². The number of rotatable bonds is 5. The van der Waals surface area contributed by atoms with E-state index in [1.807, 2.05) is 36.1 Å². The zero-order valence-electron chi connectivity index (χ0n) is 12.7. The van der Waals surface area contributed by atoms with Gasteiger partial charge in [-0.25, -0.2) is 0 Å². The molecule has 1 aromatic rings. The fourth-order valence-corrected chi connectivity index (χ4v) is 2.86. The fourth-order valence-electron chi connectivity index (χ4n) is 2.86. The molecule has 4 nitrogen and oxygen atoms in total. The van der Waals surface area contributed by atoms with Crippen molar-refractivity contribution in [3.8, 4) is 5.75 Å². The van der Waals surface area contributed by atoms with Crippen LogP contribution in [0.2, 0.25) is 0 Å². The maximum Gasteiger partial charge on any atom is 0.241 e. The lowest BCUT2D eigenvalue weighted by atomic mass is 10.1. The van der Waals surface area contributed by atoms with Crippen molar-refractivity contribution in [3.05, 3.63) is 29.8 Å². The van der Waals surface area contributed by atoms with E-state index in [0.717, 1.165) is 24.2 Å². The second-order valence-electron chi connectivity index (χ2n) is 5.28. The summed E-state index contributed by atoms with van der Waals surface area (Å²) in [6.45, 7) is 6.20. The minimum absolute atomic E-state index is 0.0340. The molecule has 0 radical (unpaired) electrons. The summed E-state index contributed by atoms with van der Waals surface area (Å²) in [5.74, 6) is 1.03. The molecule has 0 aromatic heterocycles. The Hall–Kier alpha value is -1.55. The van der Waals surface area contributed by atoms with Crippen LogP contribution in [0, 0.1) is 0 Å². The number of ether oxygens (including phenoxy) is 1. The van der Waals surface area contributed by atoms with Crippen LogP contribution in [0.1, 0.15) is 45.3 Å². The van der Waals surface area contributed by atoms with Gasteiger partial charge in [-0.15, -0.1) is 0 Å². The summed E-state index contributed by atoms with van der Waals surface area (Å²) in [7, 11) is 1.66. The molecule has 1 N–H and O–H groups in total. The molecule has 110 valence electrons. The lowest BCUT2D eigenvalue weighted by Crippen LogP contribution is -2.39. The van der Waals surface area contributed by atoms with E-state index in [0.29, 0.717) is 0 Å². The molecular weight excluding hydrogens is 252 g/mol. The first-order valence-corrected chi connectivity index (χ1v) is 7.34. The Balaban J connectivity index is 2.29. The van der Waals surface area contributed by atoms with Gasteiger partial charge in [0.05, 0.1) is 13.2 Å². The Morgan fingerprint density at radius 1 is 1.25 bits per heavy atom. The molecule has 1 amide bonds. The molecule has 1 aliphatic heterocycles. The lowest BCUT2D eigenvalue weighted by molar-refractivity contribution is -0.132. The predicted molar refractivity (Wildman–Crippen MR) is 79.5 cm³/mol. The smallest absolute Gasteiger partial charge is 0.241 e. The molecular formula is C16H24N2O2. The van der Waals surface area contributed by atoms with Crippen LogP contribution in [-0.4, -0.2) is 30.0 Å². The minimum atomic E-state index is -0.122. The lowest BCUT2D eigenvalue weighted by Gasteiger charge is -2.32. The van der Waals surface area contributed by atoms with Gasteiger partial charge in [0, 0.05) is 6.04 Å². The quantitative estimate of drug-likeness (QED) is 0.899. The second-order valence-corrected chi connectivity index (χ2v) is 5.28. The van der Waals surface area contributed by atoms with Gasteiger partial charge in [0.2, 0.25) is 5.91 Å². The highest BCUT2D eigenvalue weighted by atomic mass is 16.5. The molecule has 2 atom stereocenters. The van der Waals surface area contributed by atoms with Crippen LogP contribution in [0.4, 0.5) is 0 Å². The highest BCUT2D eigenvalue weighted by molar-refractivity contribution is 5.84. The molecule has 0 bridgehead atoms. The Morgan fingerprint density at radius 2 is 1.85 bits per heavy atom. The summed E-state index contributed by atoms with van der Waals surface area (Å²) in [5.41, 5.74) is 1.11. The van der Waals surface area contributed by atoms with E-state index < -0.39 is 0 Å². The first-order chi connectivity index (χ1) is 9.62. The highest BCUT2D eigenvalue weighted by Gasteiger charge is 2.39. The molecule has 2 rings (SSSR count). The SMILES string of the molecule is CCC(CC)N1C(=O)C(C)NC1c1ccc(OC)cc1. The summed E-state index contributed by atoms with van der Waals surface area (Å²) in [4.78, 5) is 14.4. The van der Waals surface area contributed by atoms with Crippen LogP contribution in [0.25, 0.3) is 0 Å². The van der Waals surface area contributed by atoms with Gasteiger partial charge in [0.25, 0.3) is 0 Å². The molecule has 1 heterocycles. The van der Waals surface area contributed by atoms with Crippen molar-refractivity contribution in [1.29, 1.82) is 0 Å². The molecule has 2 unspecified atom stereocenters. The largest absolute Gasteiger partial charge is 0.497 e. The summed E-state index contributed by atoms with van der Waals surface area (Å²) in [6.07, 6.45) is 1.92. The summed E-state index contributed by atoms with van der Waals surface area (Å²) in [5, 5.41) is 3.39. The van der Waals surface area contributed by atoms with Crippen molar-refractivity contribution in [1.82, 2.24) is 10.2 Å². The van der Waals surface area contributed by atoms with Gasteiger partial charge in [0.15, 0.2) is 0 Å². The molecule has 1 aromatic carbocycles. The van der Waals surface area contributed by atoms with Crippen molar-refractivity contribution >= 4 is 5.91 Å². The van der Waals surface area contributed by atoms with Crippen LogP contribution >= 0.6 is 0 Å². The molecule has 1 fully saturated rings. The number of hydrogen-bond donors (Lipinski definition) is 1. The van der Waals surface area contributed by atoms with Crippen LogP contribution < -0.4 is 10.1 Å². The van der Waals surface area contributed by atoms with E-state index in [9.17, 15) is 4.79 Å². The minimum Gasteiger partial charge on any atom is -0.497 e. The molecule has 0 spiro atoms. The molecule has 4 heteroatoms. The topological polar surface area (TPSA) is 41.6 Å². The van der Waals surface area contributed by atoms with Crippen LogP contribution in [-0.2, 0) is 4.79 Å². The van der Waals surface area contributed by atoms with Crippen molar-refractivity contribution in [2.75, 3.05) is 7.11 Å². The number of carbonyl (C=O) groups excluding carboxylic acids is 1. The van der Waals surface area contributed by atoms with Gasteiger partial charge < -0.3 is 9.64 Å². The van der Waals surface area contributed by atoms with Gasteiger partial charge in [-0.1, -0.05) is 26.0 Å². The van der Waals surface area contributed by atoms with Gasteiger partial charge in [-0.3, -0.25) is 10.1 Å². The maximum absolute atomic E-state index is 12.4. The van der Waals surface area contributed by atoms with Crippen LogP contribution in [0.5, 0.6) is 5.75 Å². The predicted octanol–water partition coefficient (Wildman–Crippen LogP) is 2.70. The monoisotopic (exact) mass is 276 g/mol. The fraction of sp³-hybridized carbons (Fsp3) is 0.562. The zero-order chi connectivity index (χ0) is 14.7. The number of carbonyl (C=O) groups is 1. The zero-order valence-corrected chi connectivity index (χ0v) is 12.7. The first kappa shape index (κ1) is 14.9. The number of methoxy groups -OCH3 is 1. The number of hydrogen-bond acceptors (Lipinski definition) is 3. The Bertz CT molecular complexity index is 454. The third-order valence-electron chi connectivity index (χ3n) is 4.08. The van der Waals surface area contributed by atoms with Crippen molar-refractivity contribution in [3.63, 3.8) is 0 Å². The molecule has 0 saturated carbocycles.